The number of aliphatic hydroxyl groups excluding tert-OH is 1. The Hall–Kier alpha value is -3.18. The van der Waals surface area contributed by atoms with Crippen LogP contribution in [0.25, 0.3) is 11.1 Å². The number of rotatable bonds is 9. The van der Waals surface area contributed by atoms with Gasteiger partial charge in [0, 0.05) is 22.2 Å². The molecule has 0 aliphatic carbocycles. The van der Waals surface area contributed by atoms with E-state index in [2.05, 4.69) is 15.7 Å². The van der Waals surface area contributed by atoms with Gasteiger partial charge in [0.1, 0.15) is 0 Å². The van der Waals surface area contributed by atoms with Crippen LogP contribution < -0.4 is 5.43 Å². The summed E-state index contributed by atoms with van der Waals surface area (Å²) < 4.78 is 5.03. The van der Waals surface area contributed by atoms with Gasteiger partial charge in [-0.1, -0.05) is 52.3 Å². The van der Waals surface area contributed by atoms with Crippen LogP contribution in [0.3, 0.4) is 0 Å². The number of benzene rings is 2. The number of hydrazine groups is 1. The number of amides is 1. The zero-order chi connectivity index (χ0) is 24.8. The molecule has 0 saturated heterocycles. The van der Waals surface area contributed by atoms with Crippen LogP contribution in [0.1, 0.15) is 29.9 Å². The van der Waals surface area contributed by atoms with Gasteiger partial charge in [-0.2, -0.15) is 0 Å². The maximum absolute atomic E-state index is 12.5. The summed E-state index contributed by atoms with van der Waals surface area (Å²) in [5.74, 6) is -1.51. The summed E-state index contributed by atoms with van der Waals surface area (Å²) >= 11 is 12.4. The third-order valence-electron chi connectivity index (χ3n) is 4.56. The largest absolute Gasteiger partial charge is 0.461 e. The topological polar surface area (TPSA) is 130 Å². The summed E-state index contributed by atoms with van der Waals surface area (Å²) in [6.07, 6.45) is -0.906. The summed E-state index contributed by atoms with van der Waals surface area (Å²) in [6.45, 7) is 3.20. The Labute approximate surface area is 205 Å². The Morgan fingerprint density at radius 2 is 1.88 bits per heavy atom. The molecule has 0 spiro atoms. The maximum Gasteiger partial charge on any atom is 0.336 e. The van der Waals surface area contributed by atoms with Crippen molar-refractivity contribution >= 4 is 35.1 Å². The molecule has 3 aromatic rings. The molecule has 0 fully saturated rings. The highest BCUT2D eigenvalue weighted by atomic mass is 35.5. The molecule has 0 aliphatic heterocycles. The third kappa shape index (κ3) is 6.91. The summed E-state index contributed by atoms with van der Waals surface area (Å²) in [4.78, 5) is 25.0. The standard InChI is InChI=1S/C22H23Cl2N5O5/c1-13(2)34-22(32)20(30)12-28(26-21(31)19-11-29(33)27-25-19)10-14-3-5-15(6-4-14)17-9-16(23)7-8-18(17)24/h3-9,11,13,20,30,33H,10,12H2,1-2H3,(H,26,31). The van der Waals surface area contributed by atoms with E-state index in [9.17, 15) is 19.9 Å². The van der Waals surface area contributed by atoms with Crippen LogP contribution in [0.2, 0.25) is 10.0 Å². The average Bonchev–Trinajstić information content (AvgIpc) is 3.22. The first-order chi connectivity index (χ1) is 16.1. The predicted molar refractivity (Wildman–Crippen MR) is 124 cm³/mol. The molecular formula is C22H23Cl2N5O5. The van der Waals surface area contributed by atoms with Crippen LogP contribution in [-0.4, -0.2) is 61.1 Å². The molecule has 1 heterocycles. The van der Waals surface area contributed by atoms with E-state index >= 15 is 0 Å². The molecule has 3 N–H and O–H groups in total. The van der Waals surface area contributed by atoms with Gasteiger partial charge in [-0.25, -0.2) is 9.80 Å². The van der Waals surface area contributed by atoms with Gasteiger partial charge >= 0.3 is 5.97 Å². The van der Waals surface area contributed by atoms with E-state index in [1.54, 1.807) is 32.0 Å². The molecule has 180 valence electrons. The second kappa shape index (κ2) is 11.3. The lowest BCUT2D eigenvalue weighted by atomic mass is 10.0. The van der Waals surface area contributed by atoms with Gasteiger partial charge in [0.2, 0.25) is 0 Å². The normalized spacial score (nSPS) is 12.1. The number of esters is 1. The van der Waals surface area contributed by atoms with E-state index in [4.69, 9.17) is 27.9 Å². The monoisotopic (exact) mass is 507 g/mol. The van der Waals surface area contributed by atoms with Crippen molar-refractivity contribution < 1.29 is 24.6 Å². The number of hydrogen-bond acceptors (Lipinski definition) is 8. The van der Waals surface area contributed by atoms with Gasteiger partial charge in [0.25, 0.3) is 5.91 Å². The lowest BCUT2D eigenvalue weighted by Crippen LogP contribution is -2.47. The summed E-state index contributed by atoms with van der Waals surface area (Å²) in [6, 6.07) is 12.5. The molecule has 1 unspecified atom stereocenters. The van der Waals surface area contributed by atoms with Crippen molar-refractivity contribution in [2.75, 3.05) is 6.54 Å². The predicted octanol–water partition coefficient (Wildman–Crippen LogP) is 2.95. The van der Waals surface area contributed by atoms with Gasteiger partial charge in [0.15, 0.2) is 11.8 Å². The first-order valence-corrected chi connectivity index (χ1v) is 11.0. The molecule has 1 amide bonds. The van der Waals surface area contributed by atoms with Crippen LogP contribution in [0.5, 0.6) is 0 Å². The SMILES string of the molecule is CC(C)OC(=O)C(O)CN(Cc1ccc(-c2cc(Cl)ccc2Cl)cc1)NC(=O)c1cn(O)nn1. The number of nitrogens with one attached hydrogen (secondary N) is 1. The van der Waals surface area contributed by atoms with E-state index in [0.29, 0.717) is 14.9 Å². The van der Waals surface area contributed by atoms with E-state index in [1.807, 2.05) is 24.3 Å². The second-order valence-corrected chi connectivity index (χ2v) is 8.51. The number of carbonyl (C=O) groups is 2. The molecule has 0 radical (unpaired) electrons. The number of ether oxygens (including phenoxy) is 1. The maximum atomic E-state index is 12.5. The number of carbonyl (C=O) groups excluding carboxylic acids is 2. The fourth-order valence-corrected chi connectivity index (χ4v) is 3.43. The highest BCUT2D eigenvalue weighted by Crippen LogP contribution is 2.30. The van der Waals surface area contributed by atoms with Crippen molar-refractivity contribution in [3.05, 3.63) is 70.0 Å². The van der Waals surface area contributed by atoms with Crippen molar-refractivity contribution in [1.82, 2.24) is 25.6 Å². The smallest absolute Gasteiger partial charge is 0.336 e. The Morgan fingerprint density at radius 1 is 1.18 bits per heavy atom. The average molecular weight is 508 g/mol. The zero-order valence-electron chi connectivity index (χ0n) is 18.4. The minimum atomic E-state index is -1.51. The molecule has 1 aromatic heterocycles. The first kappa shape index (κ1) is 25.4. The Morgan fingerprint density at radius 3 is 2.50 bits per heavy atom. The molecule has 0 bridgehead atoms. The zero-order valence-corrected chi connectivity index (χ0v) is 19.9. The lowest BCUT2D eigenvalue weighted by molar-refractivity contribution is -0.158. The first-order valence-electron chi connectivity index (χ1n) is 10.2. The molecule has 0 aliphatic rings. The van der Waals surface area contributed by atoms with Crippen molar-refractivity contribution in [3.8, 4) is 11.1 Å². The summed E-state index contributed by atoms with van der Waals surface area (Å²) in [7, 11) is 0. The molecule has 3 rings (SSSR count). The number of hydrogen-bond donors (Lipinski definition) is 3. The molecule has 2 aromatic carbocycles. The van der Waals surface area contributed by atoms with E-state index in [-0.39, 0.29) is 18.8 Å². The molecular weight excluding hydrogens is 485 g/mol. The number of aliphatic hydroxyl groups is 1. The second-order valence-electron chi connectivity index (χ2n) is 7.67. The van der Waals surface area contributed by atoms with Crippen LogP contribution in [-0.2, 0) is 16.1 Å². The fraction of sp³-hybridized carbons (Fsp3) is 0.273. The summed E-state index contributed by atoms with van der Waals surface area (Å²) in [5, 5.41) is 28.8. The van der Waals surface area contributed by atoms with Crippen molar-refractivity contribution in [1.29, 1.82) is 0 Å². The number of halogens is 2. The third-order valence-corrected chi connectivity index (χ3v) is 5.12. The molecule has 34 heavy (non-hydrogen) atoms. The quantitative estimate of drug-likeness (QED) is 0.229. The lowest BCUT2D eigenvalue weighted by Gasteiger charge is -2.25. The number of aromatic nitrogens is 3. The minimum Gasteiger partial charge on any atom is -0.461 e. The van der Waals surface area contributed by atoms with Crippen molar-refractivity contribution in [2.45, 2.75) is 32.6 Å². The van der Waals surface area contributed by atoms with Crippen LogP contribution in [0, 0.1) is 0 Å². The fourth-order valence-electron chi connectivity index (χ4n) is 3.03. The van der Waals surface area contributed by atoms with Gasteiger partial charge in [0.05, 0.1) is 18.8 Å². The van der Waals surface area contributed by atoms with Crippen molar-refractivity contribution in [2.24, 2.45) is 0 Å². The van der Waals surface area contributed by atoms with Crippen molar-refractivity contribution in [3.63, 3.8) is 0 Å². The van der Waals surface area contributed by atoms with Gasteiger partial charge in [-0.3, -0.25) is 10.2 Å². The molecule has 0 saturated carbocycles. The summed E-state index contributed by atoms with van der Waals surface area (Å²) in [5.41, 5.74) is 4.77. The molecule has 1 atom stereocenters. The van der Waals surface area contributed by atoms with Crippen LogP contribution >= 0.6 is 23.2 Å². The Bertz CT molecular complexity index is 1150. The molecule has 12 heteroatoms. The highest BCUT2D eigenvalue weighted by Gasteiger charge is 2.24. The van der Waals surface area contributed by atoms with Gasteiger partial charge in [-0.05, 0) is 48.4 Å². The van der Waals surface area contributed by atoms with E-state index < -0.39 is 24.1 Å². The van der Waals surface area contributed by atoms with Crippen LogP contribution in [0.4, 0.5) is 0 Å². The Balaban J connectivity index is 1.77. The van der Waals surface area contributed by atoms with E-state index in [0.717, 1.165) is 22.9 Å². The minimum absolute atomic E-state index is 0.134. The highest BCUT2D eigenvalue weighted by molar-refractivity contribution is 6.35. The van der Waals surface area contributed by atoms with E-state index in [1.165, 1.54) is 5.01 Å². The Kier molecular flexibility index (Phi) is 8.46. The molecule has 10 nitrogen and oxygen atoms in total. The number of nitrogens with zero attached hydrogens (tertiary/aromatic N) is 4. The van der Waals surface area contributed by atoms with Gasteiger partial charge in [-0.15, -0.1) is 5.10 Å². The van der Waals surface area contributed by atoms with Crippen LogP contribution in [0.15, 0.2) is 48.7 Å². The van der Waals surface area contributed by atoms with Gasteiger partial charge < -0.3 is 15.1 Å².